The van der Waals surface area contributed by atoms with Gasteiger partial charge in [-0.25, -0.2) is 0 Å². The number of carbonyl (C=O) groups excluding carboxylic acids is 2. The van der Waals surface area contributed by atoms with E-state index < -0.39 is 0 Å². The number of aromatic nitrogens is 1. The molecule has 0 atom stereocenters. The Bertz CT molecular complexity index is 755. The third-order valence-corrected chi connectivity index (χ3v) is 4.79. The Balaban J connectivity index is 1.60. The molecule has 0 spiro atoms. The summed E-state index contributed by atoms with van der Waals surface area (Å²) in [6.07, 6.45) is 4.00. The van der Waals surface area contributed by atoms with Gasteiger partial charge in [-0.2, -0.15) is 0 Å². The molecule has 0 unspecified atom stereocenters. The van der Waals surface area contributed by atoms with Gasteiger partial charge in [-0.15, -0.1) is 0 Å². The van der Waals surface area contributed by atoms with Crippen LogP contribution in [0.2, 0.25) is 0 Å². The van der Waals surface area contributed by atoms with Gasteiger partial charge in [-0.3, -0.25) is 9.59 Å². The molecule has 1 aromatic carbocycles. The molecule has 1 fully saturated rings. The number of nitrogens with one attached hydrogen (secondary N) is 1. The lowest BCUT2D eigenvalue weighted by Gasteiger charge is -2.25. The maximum absolute atomic E-state index is 12.9. The summed E-state index contributed by atoms with van der Waals surface area (Å²) in [5.41, 5.74) is 0.883. The highest BCUT2D eigenvalue weighted by Crippen LogP contribution is 2.13. The van der Waals surface area contributed by atoms with Crippen LogP contribution >= 0.6 is 0 Å². The van der Waals surface area contributed by atoms with Crippen molar-refractivity contribution in [1.82, 2.24) is 15.0 Å². The standard InChI is InChI=1S/C20H26N4O4/c1-27-17-6-4-16(5-7-17)14-20(26)24(12-11-23-9-2-3-10-23)15-19(25)21-18-8-13-28-22-18/h4-8,13H,2-3,9-12,14-15H2,1H3,(H,21,22,25). The Labute approximate surface area is 164 Å². The molecule has 2 aromatic rings. The molecule has 1 aliphatic heterocycles. The van der Waals surface area contributed by atoms with Crippen LogP contribution in [0.4, 0.5) is 5.82 Å². The fourth-order valence-electron chi connectivity index (χ4n) is 3.22. The molecule has 1 aromatic heterocycles. The number of hydrogen-bond donors (Lipinski definition) is 1. The number of rotatable bonds is 9. The van der Waals surface area contributed by atoms with Crippen molar-refractivity contribution in [3.63, 3.8) is 0 Å². The number of amides is 2. The zero-order valence-corrected chi connectivity index (χ0v) is 16.1. The normalized spacial score (nSPS) is 14.0. The van der Waals surface area contributed by atoms with E-state index in [2.05, 4.69) is 15.4 Å². The van der Waals surface area contributed by atoms with Crippen LogP contribution < -0.4 is 10.1 Å². The quantitative estimate of drug-likeness (QED) is 0.707. The predicted octanol–water partition coefficient (Wildman–Crippen LogP) is 1.79. The molecule has 1 N–H and O–H groups in total. The number of nitrogens with zero attached hydrogens (tertiary/aromatic N) is 3. The largest absolute Gasteiger partial charge is 0.497 e. The number of ether oxygens (including phenoxy) is 1. The minimum absolute atomic E-state index is 0.0182. The Kier molecular flexibility index (Phi) is 7.02. The summed E-state index contributed by atoms with van der Waals surface area (Å²) in [6, 6.07) is 8.95. The van der Waals surface area contributed by atoms with Gasteiger partial charge in [0.1, 0.15) is 12.0 Å². The maximum atomic E-state index is 12.9. The van der Waals surface area contributed by atoms with Gasteiger partial charge in [-0.1, -0.05) is 17.3 Å². The van der Waals surface area contributed by atoms with Crippen LogP contribution in [-0.4, -0.2) is 66.6 Å². The topological polar surface area (TPSA) is 87.9 Å². The van der Waals surface area contributed by atoms with Crippen LogP contribution in [-0.2, 0) is 16.0 Å². The summed E-state index contributed by atoms with van der Waals surface area (Å²) in [5, 5.41) is 6.32. The van der Waals surface area contributed by atoms with E-state index in [1.165, 1.54) is 19.1 Å². The van der Waals surface area contributed by atoms with E-state index in [1.54, 1.807) is 18.1 Å². The SMILES string of the molecule is COc1ccc(CC(=O)N(CCN2CCCC2)CC(=O)Nc2ccon2)cc1. The summed E-state index contributed by atoms with van der Waals surface area (Å²) in [6.45, 7) is 3.36. The number of hydrogen-bond acceptors (Lipinski definition) is 6. The zero-order chi connectivity index (χ0) is 19.8. The van der Waals surface area contributed by atoms with E-state index in [0.29, 0.717) is 12.4 Å². The van der Waals surface area contributed by atoms with E-state index in [1.807, 2.05) is 24.3 Å². The highest BCUT2D eigenvalue weighted by Gasteiger charge is 2.20. The van der Waals surface area contributed by atoms with E-state index >= 15 is 0 Å². The van der Waals surface area contributed by atoms with Crippen LogP contribution in [0.25, 0.3) is 0 Å². The van der Waals surface area contributed by atoms with E-state index in [0.717, 1.165) is 30.9 Å². The van der Waals surface area contributed by atoms with Crippen molar-refractivity contribution in [3.05, 3.63) is 42.2 Å². The summed E-state index contributed by atoms with van der Waals surface area (Å²) >= 11 is 0. The van der Waals surface area contributed by atoms with Crippen molar-refractivity contribution in [2.24, 2.45) is 0 Å². The minimum Gasteiger partial charge on any atom is -0.497 e. The zero-order valence-electron chi connectivity index (χ0n) is 16.1. The number of methoxy groups -OCH3 is 1. The van der Waals surface area contributed by atoms with Gasteiger partial charge < -0.3 is 24.4 Å². The van der Waals surface area contributed by atoms with Crippen molar-refractivity contribution in [1.29, 1.82) is 0 Å². The molecule has 150 valence electrons. The molecule has 3 rings (SSSR count). The second-order valence-corrected chi connectivity index (χ2v) is 6.82. The third-order valence-electron chi connectivity index (χ3n) is 4.79. The first-order chi connectivity index (χ1) is 13.6. The number of benzene rings is 1. The van der Waals surface area contributed by atoms with Crippen molar-refractivity contribution < 1.29 is 18.8 Å². The second kappa shape index (κ2) is 9.89. The molecule has 28 heavy (non-hydrogen) atoms. The van der Waals surface area contributed by atoms with E-state index in [-0.39, 0.29) is 24.8 Å². The first-order valence-corrected chi connectivity index (χ1v) is 9.47. The Morgan fingerprint density at radius 2 is 1.96 bits per heavy atom. The molecule has 0 aliphatic carbocycles. The summed E-state index contributed by atoms with van der Waals surface area (Å²) in [5.74, 6) is 0.708. The molecule has 0 bridgehead atoms. The van der Waals surface area contributed by atoms with Crippen molar-refractivity contribution in [2.75, 3.05) is 45.2 Å². The van der Waals surface area contributed by atoms with Gasteiger partial charge in [0.05, 0.1) is 20.1 Å². The van der Waals surface area contributed by atoms with Crippen LogP contribution in [0.3, 0.4) is 0 Å². The molecule has 2 amide bonds. The lowest BCUT2D eigenvalue weighted by Crippen LogP contribution is -2.43. The van der Waals surface area contributed by atoms with Crippen LogP contribution in [0.1, 0.15) is 18.4 Å². The monoisotopic (exact) mass is 386 g/mol. The van der Waals surface area contributed by atoms with Gasteiger partial charge in [0.25, 0.3) is 0 Å². The highest BCUT2D eigenvalue weighted by atomic mass is 16.5. The Morgan fingerprint density at radius 3 is 2.61 bits per heavy atom. The molecular weight excluding hydrogens is 360 g/mol. The van der Waals surface area contributed by atoms with Gasteiger partial charge >= 0.3 is 0 Å². The van der Waals surface area contributed by atoms with Gasteiger partial charge in [0.2, 0.25) is 11.8 Å². The second-order valence-electron chi connectivity index (χ2n) is 6.82. The van der Waals surface area contributed by atoms with Crippen molar-refractivity contribution in [3.8, 4) is 5.75 Å². The van der Waals surface area contributed by atoms with Crippen molar-refractivity contribution >= 4 is 17.6 Å². The number of anilines is 1. The average molecular weight is 386 g/mol. The smallest absolute Gasteiger partial charge is 0.245 e. The average Bonchev–Trinajstić information content (AvgIpc) is 3.39. The molecule has 1 aliphatic rings. The van der Waals surface area contributed by atoms with Gasteiger partial charge in [0, 0.05) is 19.2 Å². The molecule has 0 radical (unpaired) electrons. The molecule has 8 heteroatoms. The Hall–Kier alpha value is -2.87. The molecule has 0 saturated carbocycles. The molecule has 8 nitrogen and oxygen atoms in total. The van der Waals surface area contributed by atoms with Gasteiger partial charge in [0.15, 0.2) is 5.82 Å². The van der Waals surface area contributed by atoms with E-state index in [4.69, 9.17) is 9.26 Å². The lowest BCUT2D eigenvalue weighted by atomic mass is 10.1. The maximum Gasteiger partial charge on any atom is 0.245 e. The first kappa shape index (κ1) is 19.9. The fourth-order valence-corrected chi connectivity index (χ4v) is 3.22. The minimum atomic E-state index is -0.293. The van der Waals surface area contributed by atoms with Crippen molar-refractivity contribution in [2.45, 2.75) is 19.3 Å². The van der Waals surface area contributed by atoms with Gasteiger partial charge in [-0.05, 0) is 43.6 Å². The molecule has 2 heterocycles. The number of carbonyl (C=O) groups is 2. The first-order valence-electron chi connectivity index (χ1n) is 9.47. The number of likely N-dealkylation sites (tertiary alicyclic amines) is 1. The summed E-state index contributed by atoms with van der Waals surface area (Å²) in [4.78, 5) is 29.1. The molecule has 1 saturated heterocycles. The van der Waals surface area contributed by atoms with Crippen LogP contribution in [0, 0.1) is 0 Å². The lowest BCUT2D eigenvalue weighted by molar-refractivity contribution is -0.134. The van der Waals surface area contributed by atoms with E-state index in [9.17, 15) is 9.59 Å². The summed E-state index contributed by atoms with van der Waals surface area (Å²) in [7, 11) is 1.60. The third kappa shape index (κ3) is 5.82. The molecular formula is C20H26N4O4. The Morgan fingerprint density at radius 1 is 1.21 bits per heavy atom. The fraction of sp³-hybridized carbons (Fsp3) is 0.450. The summed E-state index contributed by atoms with van der Waals surface area (Å²) < 4.78 is 9.87. The van der Waals surface area contributed by atoms with Crippen LogP contribution in [0.15, 0.2) is 41.1 Å². The highest BCUT2D eigenvalue weighted by molar-refractivity contribution is 5.94. The van der Waals surface area contributed by atoms with Crippen LogP contribution in [0.5, 0.6) is 5.75 Å². The predicted molar refractivity (Wildman–Crippen MR) is 104 cm³/mol.